The van der Waals surface area contributed by atoms with Crippen LogP contribution in [0.15, 0.2) is 71.6 Å². The van der Waals surface area contributed by atoms with Crippen LogP contribution < -0.4 is 10.0 Å². The van der Waals surface area contributed by atoms with Crippen molar-refractivity contribution < 1.29 is 22.7 Å². The SMILES string of the molecule is COC(=O)c1ccc(NC(=O)CCNS(=O)(=O)c2ccc3ccccc3c2)cc1. The zero-order valence-electron chi connectivity index (χ0n) is 15.7. The molecule has 0 radical (unpaired) electrons. The Morgan fingerprint density at radius 2 is 1.62 bits per heavy atom. The number of esters is 1. The Morgan fingerprint density at radius 3 is 2.31 bits per heavy atom. The van der Waals surface area contributed by atoms with Crippen molar-refractivity contribution in [1.82, 2.24) is 4.72 Å². The monoisotopic (exact) mass is 412 g/mol. The molecular formula is C21H20N2O5S. The topological polar surface area (TPSA) is 102 Å². The number of carbonyl (C=O) groups excluding carboxylic acids is 2. The molecular weight excluding hydrogens is 392 g/mol. The molecule has 0 spiro atoms. The number of carbonyl (C=O) groups is 2. The summed E-state index contributed by atoms with van der Waals surface area (Å²) in [7, 11) is -2.43. The molecule has 0 aliphatic carbocycles. The molecule has 0 aliphatic rings. The van der Waals surface area contributed by atoms with Crippen LogP contribution in [0.4, 0.5) is 5.69 Å². The first-order chi connectivity index (χ1) is 13.9. The van der Waals surface area contributed by atoms with Gasteiger partial charge < -0.3 is 10.1 Å². The van der Waals surface area contributed by atoms with Gasteiger partial charge in [-0.25, -0.2) is 17.9 Å². The highest BCUT2D eigenvalue weighted by Gasteiger charge is 2.15. The van der Waals surface area contributed by atoms with Crippen molar-refractivity contribution in [2.24, 2.45) is 0 Å². The molecule has 0 aliphatic heterocycles. The van der Waals surface area contributed by atoms with E-state index in [4.69, 9.17) is 0 Å². The van der Waals surface area contributed by atoms with E-state index in [1.165, 1.54) is 25.3 Å². The van der Waals surface area contributed by atoms with Gasteiger partial charge in [0, 0.05) is 18.7 Å². The molecule has 7 nitrogen and oxygen atoms in total. The molecule has 0 atom stereocenters. The first-order valence-electron chi connectivity index (χ1n) is 8.86. The second-order valence-corrected chi connectivity index (χ2v) is 8.04. The second-order valence-electron chi connectivity index (χ2n) is 6.27. The first kappa shape index (κ1) is 20.5. The molecule has 3 rings (SSSR count). The highest BCUT2D eigenvalue weighted by Crippen LogP contribution is 2.18. The molecule has 0 fully saturated rings. The predicted molar refractivity (Wildman–Crippen MR) is 110 cm³/mol. The Balaban J connectivity index is 1.55. The number of rotatable bonds is 7. The molecule has 150 valence electrons. The third-order valence-electron chi connectivity index (χ3n) is 4.27. The lowest BCUT2D eigenvalue weighted by atomic mass is 10.1. The molecule has 0 saturated heterocycles. The summed E-state index contributed by atoms with van der Waals surface area (Å²) in [6, 6.07) is 18.6. The van der Waals surface area contributed by atoms with Crippen LogP contribution >= 0.6 is 0 Å². The van der Waals surface area contributed by atoms with Crippen LogP contribution in [0.2, 0.25) is 0 Å². The molecule has 2 N–H and O–H groups in total. The number of sulfonamides is 1. The molecule has 29 heavy (non-hydrogen) atoms. The van der Waals surface area contributed by atoms with Crippen molar-refractivity contribution >= 4 is 38.4 Å². The van der Waals surface area contributed by atoms with Gasteiger partial charge in [0.05, 0.1) is 17.6 Å². The van der Waals surface area contributed by atoms with E-state index in [1.807, 2.05) is 24.3 Å². The van der Waals surface area contributed by atoms with Gasteiger partial charge in [0.15, 0.2) is 0 Å². The fourth-order valence-corrected chi connectivity index (χ4v) is 3.81. The van der Waals surface area contributed by atoms with Crippen molar-refractivity contribution in [1.29, 1.82) is 0 Å². The summed E-state index contributed by atoms with van der Waals surface area (Å²) in [4.78, 5) is 23.6. The molecule has 1 amide bonds. The smallest absolute Gasteiger partial charge is 0.337 e. The quantitative estimate of drug-likeness (QED) is 0.581. The van der Waals surface area contributed by atoms with Gasteiger partial charge in [0.2, 0.25) is 15.9 Å². The number of hydrogen-bond donors (Lipinski definition) is 2. The Kier molecular flexibility index (Phi) is 6.26. The first-order valence-corrected chi connectivity index (χ1v) is 10.3. The van der Waals surface area contributed by atoms with Crippen molar-refractivity contribution in [3.63, 3.8) is 0 Å². The number of nitrogens with one attached hydrogen (secondary N) is 2. The van der Waals surface area contributed by atoms with E-state index in [-0.39, 0.29) is 23.8 Å². The van der Waals surface area contributed by atoms with E-state index in [0.717, 1.165) is 10.8 Å². The lowest BCUT2D eigenvalue weighted by Gasteiger charge is -2.09. The van der Waals surface area contributed by atoms with Crippen molar-refractivity contribution in [2.45, 2.75) is 11.3 Å². The van der Waals surface area contributed by atoms with E-state index in [9.17, 15) is 18.0 Å². The van der Waals surface area contributed by atoms with Crippen LogP contribution in [0.1, 0.15) is 16.8 Å². The standard InChI is InChI=1S/C21H20N2O5S/c1-28-21(25)16-6-9-18(10-7-16)23-20(24)12-13-22-29(26,27)19-11-8-15-4-2-3-5-17(15)14-19/h2-11,14,22H,12-13H2,1H3,(H,23,24). The minimum Gasteiger partial charge on any atom is -0.465 e. The van der Waals surface area contributed by atoms with Crippen LogP contribution in [0.25, 0.3) is 10.8 Å². The number of hydrogen-bond acceptors (Lipinski definition) is 5. The molecule has 0 bridgehead atoms. The van der Waals surface area contributed by atoms with Gasteiger partial charge in [-0.3, -0.25) is 4.79 Å². The molecule has 3 aromatic rings. The lowest BCUT2D eigenvalue weighted by Crippen LogP contribution is -2.27. The lowest BCUT2D eigenvalue weighted by molar-refractivity contribution is -0.116. The van der Waals surface area contributed by atoms with Crippen LogP contribution in [0.5, 0.6) is 0 Å². The summed E-state index contributed by atoms with van der Waals surface area (Å²) in [5.41, 5.74) is 0.869. The Labute approximate surface area is 168 Å². The maximum Gasteiger partial charge on any atom is 0.337 e. The highest BCUT2D eigenvalue weighted by atomic mass is 32.2. The number of anilines is 1. The van der Waals surface area contributed by atoms with E-state index in [1.54, 1.807) is 24.3 Å². The number of methoxy groups -OCH3 is 1. The molecule has 0 saturated carbocycles. The highest BCUT2D eigenvalue weighted by molar-refractivity contribution is 7.89. The Bertz CT molecular complexity index is 1140. The van der Waals surface area contributed by atoms with Gasteiger partial charge in [-0.05, 0) is 47.2 Å². The number of benzene rings is 3. The molecule has 8 heteroatoms. The van der Waals surface area contributed by atoms with E-state index >= 15 is 0 Å². The van der Waals surface area contributed by atoms with Crippen LogP contribution in [-0.2, 0) is 19.6 Å². The number of fused-ring (bicyclic) bond motifs is 1. The van der Waals surface area contributed by atoms with Crippen molar-refractivity contribution in [3.8, 4) is 0 Å². The van der Waals surface area contributed by atoms with Crippen LogP contribution in [0.3, 0.4) is 0 Å². The fourth-order valence-electron chi connectivity index (χ4n) is 2.75. The van der Waals surface area contributed by atoms with Gasteiger partial charge in [-0.15, -0.1) is 0 Å². The summed E-state index contributed by atoms with van der Waals surface area (Å²) >= 11 is 0. The number of amides is 1. The third-order valence-corrected chi connectivity index (χ3v) is 5.72. The van der Waals surface area contributed by atoms with E-state index < -0.39 is 16.0 Å². The van der Waals surface area contributed by atoms with Crippen molar-refractivity contribution in [2.75, 3.05) is 19.0 Å². The van der Waals surface area contributed by atoms with Gasteiger partial charge in [0.25, 0.3) is 0 Å². The summed E-state index contributed by atoms with van der Waals surface area (Å²) in [6.45, 7) is -0.0404. The zero-order valence-corrected chi connectivity index (χ0v) is 16.5. The van der Waals surface area contributed by atoms with Gasteiger partial charge in [-0.1, -0.05) is 30.3 Å². The van der Waals surface area contributed by atoms with Crippen LogP contribution in [0, 0.1) is 0 Å². The Morgan fingerprint density at radius 1 is 0.931 bits per heavy atom. The largest absolute Gasteiger partial charge is 0.465 e. The van der Waals surface area contributed by atoms with E-state index in [2.05, 4.69) is 14.8 Å². The molecule has 0 aromatic heterocycles. The Hall–Kier alpha value is -3.23. The van der Waals surface area contributed by atoms with Gasteiger partial charge >= 0.3 is 5.97 Å². The minimum atomic E-state index is -3.72. The average Bonchev–Trinajstić information content (AvgIpc) is 2.73. The third kappa shape index (κ3) is 5.18. The van der Waals surface area contributed by atoms with Crippen LogP contribution in [-0.4, -0.2) is 33.9 Å². The minimum absolute atomic E-state index is 0.0361. The summed E-state index contributed by atoms with van der Waals surface area (Å²) < 4.78 is 32.0. The van der Waals surface area contributed by atoms with Crippen molar-refractivity contribution in [3.05, 3.63) is 72.3 Å². The normalized spacial score (nSPS) is 11.2. The summed E-state index contributed by atoms with van der Waals surface area (Å²) in [5.74, 6) is -0.817. The molecule has 3 aromatic carbocycles. The van der Waals surface area contributed by atoms with Gasteiger partial charge in [-0.2, -0.15) is 0 Å². The average molecular weight is 412 g/mol. The summed E-state index contributed by atoms with van der Waals surface area (Å²) in [6.07, 6.45) is -0.0361. The van der Waals surface area contributed by atoms with Gasteiger partial charge in [0.1, 0.15) is 0 Å². The second kappa shape index (κ2) is 8.85. The predicted octanol–water partition coefficient (Wildman–Crippen LogP) is 2.93. The molecule has 0 heterocycles. The van der Waals surface area contributed by atoms with E-state index in [0.29, 0.717) is 11.3 Å². The summed E-state index contributed by atoms with van der Waals surface area (Å²) in [5, 5.41) is 4.42. The zero-order chi connectivity index (χ0) is 20.9. The number of ether oxygens (including phenoxy) is 1. The fraction of sp³-hybridized carbons (Fsp3) is 0.143. The molecule has 0 unspecified atom stereocenters. The maximum atomic E-state index is 12.5. The maximum absolute atomic E-state index is 12.5.